The lowest BCUT2D eigenvalue weighted by Crippen LogP contribution is -2.28. The Kier molecular flexibility index (Phi) is 3.29. The Morgan fingerprint density at radius 3 is 2.44 bits per heavy atom. The Morgan fingerprint density at radius 2 is 1.69 bits per heavy atom. The second kappa shape index (κ2) is 5.08. The Balaban J connectivity index is 2.27. The summed E-state index contributed by atoms with van der Waals surface area (Å²) in [6.07, 6.45) is 7.96. The first-order valence-electron chi connectivity index (χ1n) is 5.26. The third-order valence-electron chi connectivity index (χ3n) is 2.36. The molecule has 16 heavy (non-hydrogen) atoms. The van der Waals surface area contributed by atoms with Gasteiger partial charge in [-0.05, 0) is 11.6 Å². The molecule has 0 saturated heterocycles. The van der Waals surface area contributed by atoms with E-state index in [4.69, 9.17) is 0 Å². The summed E-state index contributed by atoms with van der Waals surface area (Å²) in [6, 6.07) is 16.3. The number of aromatic nitrogens is 1. The summed E-state index contributed by atoms with van der Waals surface area (Å²) in [6.45, 7) is 3.79. The monoisotopic (exact) mass is 208 g/mol. The highest BCUT2D eigenvalue weighted by Crippen LogP contribution is 2.01. The first-order valence-corrected chi connectivity index (χ1v) is 5.26. The summed E-state index contributed by atoms with van der Waals surface area (Å²) in [5.41, 5.74) is 2.27. The maximum atomic E-state index is 3.79. The summed E-state index contributed by atoms with van der Waals surface area (Å²) < 4.78 is 2.04. The summed E-state index contributed by atoms with van der Waals surface area (Å²) in [5.74, 6) is 0. The lowest BCUT2D eigenvalue weighted by Gasteiger charge is -1.93. The zero-order valence-corrected chi connectivity index (χ0v) is 9.08. The lowest BCUT2D eigenvalue weighted by atomic mass is 10.2. The van der Waals surface area contributed by atoms with Crippen LogP contribution in [0.4, 0.5) is 0 Å². The quantitative estimate of drug-likeness (QED) is 0.682. The molecule has 0 aliphatic heterocycles. The maximum absolute atomic E-state index is 3.79. The second-order valence-electron chi connectivity index (χ2n) is 3.46. The van der Waals surface area contributed by atoms with Crippen molar-refractivity contribution in [3.63, 3.8) is 0 Å². The molecule has 0 bridgehead atoms. The van der Waals surface area contributed by atoms with E-state index in [9.17, 15) is 0 Å². The average molecular weight is 208 g/mol. The largest absolute Gasteiger partial charge is 0.210 e. The molecule has 0 aliphatic carbocycles. The second-order valence-corrected chi connectivity index (χ2v) is 3.46. The third kappa shape index (κ3) is 2.45. The molecule has 0 saturated carbocycles. The summed E-state index contributed by atoms with van der Waals surface area (Å²) >= 11 is 0. The van der Waals surface area contributed by atoms with E-state index in [1.54, 1.807) is 0 Å². The van der Waals surface area contributed by atoms with E-state index in [-0.39, 0.29) is 0 Å². The number of benzene rings is 1. The van der Waals surface area contributed by atoms with Crippen LogP contribution in [0.5, 0.6) is 0 Å². The van der Waals surface area contributed by atoms with Gasteiger partial charge in [-0.15, -0.1) is 0 Å². The van der Waals surface area contributed by atoms with Gasteiger partial charge in [-0.3, -0.25) is 0 Å². The molecular formula is C15H14N+. The van der Waals surface area contributed by atoms with Crippen molar-refractivity contribution in [2.75, 3.05) is 0 Å². The van der Waals surface area contributed by atoms with Crippen molar-refractivity contribution < 1.29 is 4.57 Å². The molecule has 0 aliphatic rings. The average Bonchev–Trinajstić information content (AvgIpc) is 2.38. The Morgan fingerprint density at radius 1 is 0.938 bits per heavy atom. The minimum atomic E-state index is 1.08. The van der Waals surface area contributed by atoms with Crippen molar-refractivity contribution in [2.24, 2.45) is 0 Å². The van der Waals surface area contributed by atoms with Crippen LogP contribution in [-0.2, 0) is 0 Å². The van der Waals surface area contributed by atoms with Gasteiger partial charge in [-0.25, -0.2) is 0 Å². The molecule has 0 N–H and O–H groups in total. The highest BCUT2D eigenvalue weighted by Gasteiger charge is 2.00. The standard InChI is InChI=1S/C15H14N/c1-2-15-10-6-7-12-16(15)13-11-14-8-4-3-5-9-14/h2-13H,1H2/q+1. The zero-order chi connectivity index (χ0) is 11.2. The first-order chi connectivity index (χ1) is 7.90. The van der Waals surface area contributed by atoms with Gasteiger partial charge in [0.15, 0.2) is 12.4 Å². The van der Waals surface area contributed by atoms with E-state index in [2.05, 4.69) is 24.8 Å². The summed E-state index contributed by atoms with van der Waals surface area (Å²) in [5, 5.41) is 0. The molecule has 1 aromatic heterocycles. The van der Waals surface area contributed by atoms with E-state index in [1.807, 2.05) is 59.4 Å². The van der Waals surface area contributed by atoms with Crippen LogP contribution in [0.15, 0.2) is 61.3 Å². The van der Waals surface area contributed by atoms with Gasteiger partial charge in [-0.1, -0.05) is 36.9 Å². The molecule has 0 spiro atoms. The topological polar surface area (TPSA) is 3.88 Å². The maximum Gasteiger partial charge on any atom is 0.210 e. The highest BCUT2D eigenvalue weighted by molar-refractivity contribution is 5.57. The minimum absolute atomic E-state index is 1.08. The predicted molar refractivity (Wildman–Crippen MR) is 68.4 cm³/mol. The molecule has 0 fully saturated rings. The molecule has 2 rings (SSSR count). The Labute approximate surface area is 96.0 Å². The molecule has 0 radical (unpaired) electrons. The number of nitrogens with zero attached hydrogens (tertiary/aromatic N) is 1. The highest BCUT2D eigenvalue weighted by atomic mass is 14.9. The molecule has 1 heteroatoms. The number of pyridine rings is 1. The first kappa shape index (κ1) is 10.4. The van der Waals surface area contributed by atoms with Crippen molar-refractivity contribution in [3.05, 3.63) is 72.6 Å². The van der Waals surface area contributed by atoms with Crippen LogP contribution in [0.25, 0.3) is 18.4 Å². The van der Waals surface area contributed by atoms with E-state index < -0.39 is 0 Å². The van der Waals surface area contributed by atoms with Crippen molar-refractivity contribution in [3.8, 4) is 0 Å². The van der Waals surface area contributed by atoms with Gasteiger partial charge >= 0.3 is 0 Å². The van der Waals surface area contributed by atoms with Gasteiger partial charge in [0.05, 0.1) is 0 Å². The Bertz CT molecular complexity index is 498. The van der Waals surface area contributed by atoms with E-state index in [1.165, 1.54) is 5.56 Å². The van der Waals surface area contributed by atoms with Crippen molar-refractivity contribution in [2.45, 2.75) is 0 Å². The predicted octanol–water partition coefficient (Wildman–Crippen LogP) is 3.25. The molecule has 0 amide bonds. The van der Waals surface area contributed by atoms with E-state index in [0.717, 1.165) is 5.69 Å². The van der Waals surface area contributed by atoms with Gasteiger partial charge in [0.1, 0.15) is 0 Å². The minimum Gasteiger partial charge on any atom is -0.167 e. The molecule has 1 nitrogen and oxygen atoms in total. The van der Waals surface area contributed by atoms with Gasteiger partial charge in [0.2, 0.25) is 5.69 Å². The molecule has 0 unspecified atom stereocenters. The fraction of sp³-hybridized carbons (Fsp3) is 0. The molecule has 2 aromatic rings. The van der Waals surface area contributed by atoms with Gasteiger partial charge in [0, 0.05) is 24.3 Å². The van der Waals surface area contributed by atoms with Gasteiger partial charge < -0.3 is 0 Å². The Hall–Kier alpha value is -2.15. The van der Waals surface area contributed by atoms with Crippen LogP contribution in [0, 0.1) is 0 Å². The number of rotatable bonds is 3. The van der Waals surface area contributed by atoms with Crippen LogP contribution < -0.4 is 4.57 Å². The normalized spacial score (nSPS) is 10.5. The van der Waals surface area contributed by atoms with Gasteiger partial charge in [0.25, 0.3) is 0 Å². The summed E-state index contributed by atoms with van der Waals surface area (Å²) in [4.78, 5) is 0. The molecule has 78 valence electrons. The van der Waals surface area contributed by atoms with Crippen molar-refractivity contribution in [1.29, 1.82) is 0 Å². The molecular weight excluding hydrogens is 194 g/mol. The third-order valence-corrected chi connectivity index (χ3v) is 2.36. The number of hydrogen-bond donors (Lipinski definition) is 0. The summed E-state index contributed by atoms with van der Waals surface area (Å²) in [7, 11) is 0. The fourth-order valence-electron chi connectivity index (χ4n) is 1.51. The van der Waals surface area contributed by atoms with E-state index in [0.29, 0.717) is 0 Å². The lowest BCUT2D eigenvalue weighted by molar-refractivity contribution is -0.569. The van der Waals surface area contributed by atoms with E-state index >= 15 is 0 Å². The van der Waals surface area contributed by atoms with Crippen LogP contribution in [0.2, 0.25) is 0 Å². The number of hydrogen-bond acceptors (Lipinski definition) is 0. The van der Waals surface area contributed by atoms with Crippen LogP contribution >= 0.6 is 0 Å². The zero-order valence-electron chi connectivity index (χ0n) is 9.08. The van der Waals surface area contributed by atoms with Crippen molar-refractivity contribution >= 4 is 18.4 Å². The van der Waals surface area contributed by atoms with Crippen molar-refractivity contribution in [1.82, 2.24) is 0 Å². The van der Waals surface area contributed by atoms with Crippen LogP contribution in [0.3, 0.4) is 0 Å². The molecule has 1 heterocycles. The smallest absolute Gasteiger partial charge is 0.167 e. The molecule has 0 atom stereocenters. The SMILES string of the molecule is C=Cc1cccc[n+]1C=Cc1ccccc1. The molecule has 1 aromatic carbocycles. The van der Waals surface area contributed by atoms with Crippen LogP contribution in [-0.4, -0.2) is 0 Å². The van der Waals surface area contributed by atoms with Gasteiger partial charge in [-0.2, -0.15) is 4.57 Å². The fourth-order valence-corrected chi connectivity index (χ4v) is 1.51. The van der Waals surface area contributed by atoms with Crippen LogP contribution in [0.1, 0.15) is 11.3 Å².